The minimum Gasteiger partial charge on any atom is -0.309 e. The fourth-order valence-electron chi connectivity index (χ4n) is 10.5. The predicted molar refractivity (Wildman–Crippen MR) is 269 cm³/mol. The Hall–Kier alpha value is -8.60. The van der Waals surface area contributed by atoms with E-state index in [9.17, 15) is 0 Å². The molecule has 3 heterocycles. The van der Waals surface area contributed by atoms with Crippen molar-refractivity contribution in [2.45, 2.75) is 0 Å². The van der Waals surface area contributed by atoms with Crippen LogP contribution in [-0.4, -0.2) is 19.1 Å². The quantitative estimate of drug-likeness (QED) is 0.166. The first-order chi connectivity index (χ1) is 31.7. The molecule has 0 bridgehead atoms. The van der Waals surface area contributed by atoms with Gasteiger partial charge in [-0.25, -0.2) is 9.97 Å². The number of benzene rings is 11. The van der Waals surface area contributed by atoms with E-state index in [1.54, 1.807) is 0 Å². The normalized spacial score (nSPS) is 12.1. The summed E-state index contributed by atoms with van der Waals surface area (Å²) in [5, 5.41) is 15.7. The lowest BCUT2D eigenvalue weighted by atomic mass is 9.94. The molecular formula is C60H36N4. The third-order valence-corrected chi connectivity index (χ3v) is 13.4. The van der Waals surface area contributed by atoms with Gasteiger partial charge < -0.3 is 4.57 Å². The van der Waals surface area contributed by atoms with Gasteiger partial charge >= 0.3 is 0 Å². The summed E-state index contributed by atoms with van der Waals surface area (Å²) >= 11 is 0. The SMILES string of the molecule is c1ccc(-n2c3cc(-c4nc(-n5c6cc7ccccc7cc6c6c(-c7ccc8c(ccc9ccccc98)c7)cccc65)c5ccccc5n4)ccc3c3c4ccccc4ccc32)cc1. The third-order valence-electron chi connectivity index (χ3n) is 13.4. The molecule has 11 aromatic carbocycles. The second-order valence-electron chi connectivity index (χ2n) is 16.9. The first kappa shape index (κ1) is 35.0. The van der Waals surface area contributed by atoms with Gasteiger partial charge in [0.05, 0.1) is 27.6 Å². The van der Waals surface area contributed by atoms with Gasteiger partial charge in [-0.1, -0.05) is 158 Å². The van der Waals surface area contributed by atoms with Crippen molar-refractivity contribution >= 4 is 97.6 Å². The van der Waals surface area contributed by atoms with E-state index in [1.807, 2.05) is 0 Å². The number of fused-ring (bicyclic) bond motifs is 13. The molecule has 0 fully saturated rings. The van der Waals surface area contributed by atoms with Crippen molar-refractivity contribution in [1.29, 1.82) is 0 Å². The fourth-order valence-corrected chi connectivity index (χ4v) is 10.5. The van der Waals surface area contributed by atoms with Gasteiger partial charge in [0.15, 0.2) is 5.82 Å². The molecule has 0 aliphatic heterocycles. The fraction of sp³-hybridized carbons (Fsp3) is 0. The van der Waals surface area contributed by atoms with Crippen molar-refractivity contribution in [2.24, 2.45) is 0 Å². The van der Waals surface area contributed by atoms with Crippen molar-refractivity contribution in [3.8, 4) is 34.0 Å². The highest BCUT2D eigenvalue weighted by Crippen LogP contribution is 2.43. The second-order valence-corrected chi connectivity index (χ2v) is 16.9. The Bertz CT molecular complexity index is 4250. The molecule has 0 amide bonds. The summed E-state index contributed by atoms with van der Waals surface area (Å²) in [5.41, 5.74) is 9.83. The molecule has 4 nitrogen and oxygen atoms in total. The van der Waals surface area contributed by atoms with Crippen LogP contribution >= 0.6 is 0 Å². The van der Waals surface area contributed by atoms with E-state index >= 15 is 0 Å². The lowest BCUT2D eigenvalue weighted by molar-refractivity contribution is 1.08. The van der Waals surface area contributed by atoms with Crippen molar-refractivity contribution < 1.29 is 0 Å². The number of hydrogen-bond acceptors (Lipinski definition) is 2. The average Bonchev–Trinajstić information content (AvgIpc) is 3.87. The average molecular weight is 813 g/mol. The summed E-state index contributed by atoms with van der Waals surface area (Å²) < 4.78 is 4.77. The Labute approximate surface area is 367 Å². The third kappa shape index (κ3) is 5.11. The van der Waals surface area contributed by atoms with Gasteiger partial charge in [0.2, 0.25) is 0 Å². The molecule has 0 unspecified atom stereocenters. The number of para-hydroxylation sites is 2. The summed E-state index contributed by atoms with van der Waals surface area (Å²) in [5.74, 6) is 1.53. The van der Waals surface area contributed by atoms with Gasteiger partial charge in [0.25, 0.3) is 0 Å². The molecule has 0 aliphatic rings. The van der Waals surface area contributed by atoms with Gasteiger partial charge in [-0.15, -0.1) is 0 Å². The van der Waals surface area contributed by atoms with Crippen LogP contribution in [0.15, 0.2) is 218 Å². The van der Waals surface area contributed by atoms with Gasteiger partial charge in [-0.2, -0.15) is 0 Å². The minimum absolute atomic E-state index is 0.680. The van der Waals surface area contributed by atoms with Gasteiger partial charge in [-0.3, -0.25) is 4.57 Å². The summed E-state index contributed by atoms with van der Waals surface area (Å²) in [6, 6.07) is 79.2. The van der Waals surface area contributed by atoms with Crippen molar-refractivity contribution in [2.75, 3.05) is 0 Å². The molecule has 0 N–H and O–H groups in total. The standard InChI is InChI=1S/C60H36N4/c1-2-17-44(18-3-1)63-54-32-29-38-14-7-9-20-47(38)57(54)50-31-28-43(36-55(50)63)59-61-52-23-11-10-21-49(52)60(62-59)64-53-24-12-22-48(58(53)51-34-39-15-4-5-16-40(39)35-56(51)64)42-27-30-46-41(33-42)26-25-37-13-6-8-19-45(37)46/h1-36H. The summed E-state index contributed by atoms with van der Waals surface area (Å²) in [6.45, 7) is 0. The maximum Gasteiger partial charge on any atom is 0.162 e. The molecule has 4 heteroatoms. The van der Waals surface area contributed by atoms with Gasteiger partial charge in [0.1, 0.15) is 5.82 Å². The van der Waals surface area contributed by atoms with E-state index in [0.29, 0.717) is 5.82 Å². The number of rotatable bonds is 4. The first-order valence-corrected chi connectivity index (χ1v) is 21.9. The van der Waals surface area contributed by atoms with E-state index in [-0.39, 0.29) is 0 Å². The zero-order valence-corrected chi connectivity index (χ0v) is 34.6. The van der Waals surface area contributed by atoms with Crippen molar-refractivity contribution in [1.82, 2.24) is 19.1 Å². The molecule has 64 heavy (non-hydrogen) atoms. The second kappa shape index (κ2) is 13.4. The van der Waals surface area contributed by atoms with Crippen LogP contribution in [0.1, 0.15) is 0 Å². The van der Waals surface area contributed by atoms with Crippen molar-refractivity contribution in [3.05, 3.63) is 218 Å². The molecule has 0 saturated carbocycles. The Morgan fingerprint density at radius 1 is 0.297 bits per heavy atom. The molecule has 14 rings (SSSR count). The van der Waals surface area contributed by atoms with Crippen molar-refractivity contribution in [3.63, 3.8) is 0 Å². The number of aromatic nitrogens is 4. The lowest BCUT2D eigenvalue weighted by Crippen LogP contribution is -2.03. The largest absolute Gasteiger partial charge is 0.309 e. The van der Waals surface area contributed by atoms with Crippen LogP contribution in [0.3, 0.4) is 0 Å². The van der Waals surface area contributed by atoms with E-state index in [1.165, 1.54) is 81.3 Å². The first-order valence-electron chi connectivity index (χ1n) is 21.9. The van der Waals surface area contributed by atoms with E-state index < -0.39 is 0 Å². The highest BCUT2D eigenvalue weighted by atomic mass is 15.1. The Balaban J connectivity index is 1.04. The van der Waals surface area contributed by atoms with Crippen LogP contribution in [-0.2, 0) is 0 Å². The van der Waals surface area contributed by atoms with Crippen LogP contribution in [0, 0.1) is 0 Å². The lowest BCUT2D eigenvalue weighted by Gasteiger charge is -2.14. The summed E-state index contributed by atoms with van der Waals surface area (Å²) in [6.07, 6.45) is 0. The van der Waals surface area contributed by atoms with Crippen LogP contribution in [0.25, 0.3) is 132 Å². The van der Waals surface area contributed by atoms with Gasteiger partial charge in [-0.05, 0) is 115 Å². The Morgan fingerprint density at radius 3 is 1.78 bits per heavy atom. The molecule has 0 radical (unpaired) electrons. The molecular weight excluding hydrogens is 777 g/mol. The minimum atomic E-state index is 0.680. The van der Waals surface area contributed by atoms with Crippen LogP contribution in [0.4, 0.5) is 0 Å². The van der Waals surface area contributed by atoms with E-state index in [4.69, 9.17) is 9.97 Å². The maximum absolute atomic E-state index is 5.62. The molecule has 0 saturated heterocycles. The van der Waals surface area contributed by atoms with Crippen LogP contribution in [0.5, 0.6) is 0 Å². The number of hydrogen-bond donors (Lipinski definition) is 0. The highest BCUT2D eigenvalue weighted by molar-refractivity contribution is 6.22. The summed E-state index contributed by atoms with van der Waals surface area (Å²) in [7, 11) is 0. The molecule has 3 aromatic heterocycles. The molecule has 296 valence electrons. The van der Waals surface area contributed by atoms with Gasteiger partial charge in [0, 0.05) is 38.2 Å². The zero-order valence-electron chi connectivity index (χ0n) is 34.6. The van der Waals surface area contributed by atoms with E-state index in [0.717, 1.165) is 44.5 Å². The Kier molecular flexibility index (Phi) is 7.36. The van der Waals surface area contributed by atoms with Crippen LogP contribution in [0.2, 0.25) is 0 Å². The van der Waals surface area contributed by atoms with E-state index in [2.05, 4.69) is 228 Å². The highest BCUT2D eigenvalue weighted by Gasteiger charge is 2.22. The predicted octanol–water partition coefficient (Wildman–Crippen LogP) is 15.8. The number of nitrogens with zero attached hydrogens (tertiary/aromatic N) is 4. The molecule has 0 atom stereocenters. The molecule has 0 aliphatic carbocycles. The van der Waals surface area contributed by atoms with Crippen LogP contribution < -0.4 is 0 Å². The zero-order chi connectivity index (χ0) is 41.9. The Morgan fingerprint density at radius 2 is 0.922 bits per heavy atom. The molecule has 14 aromatic rings. The molecule has 0 spiro atoms. The monoisotopic (exact) mass is 812 g/mol. The smallest absolute Gasteiger partial charge is 0.162 e. The maximum atomic E-state index is 5.62. The topological polar surface area (TPSA) is 35.6 Å². The summed E-state index contributed by atoms with van der Waals surface area (Å²) in [4.78, 5) is 10.9.